The first-order valence-electron chi connectivity index (χ1n) is 7.79. The van der Waals surface area contributed by atoms with Gasteiger partial charge in [0.05, 0.1) is 28.5 Å². The van der Waals surface area contributed by atoms with E-state index in [1.54, 1.807) is 0 Å². The molecule has 1 saturated carbocycles. The van der Waals surface area contributed by atoms with Gasteiger partial charge in [-0.2, -0.15) is 5.10 Å². The molecule has 2 rings (SSSR count). The summed E-state index contributed by atoms with van der Waals surface area (Å²) in [5.41, 5.74) is 1.24. The maximum absolute atomic E-state index is 6.07. The van der Waals surface area contributed by atoms with E-state index in [0.29, 0.717) is 5.92 Å². The van der Waals surface area contributed by atoms with Crippen molar-refractivity contribution in [2.75, 3.05) is 13.2 Å². The second-order valence-electron chi connectivity index (χ2n) is 5.39. The average molecular weight is 344 g/mol. The van der Waals surface area contributed by atoms with Crippen LogP contribution in [0.25, 0.3) is 0 Å². The van der Waals surface area contributed by atoms with E-state index in [0.717, 1.165) is 30.6 Å². The number of nitrogens with one attached hydrogen (secondary N) is 1. The summed E-state index contributed by atoms with van der Waals surface area (Å²) in [6.45, 7) is 9.07. The highest BCUT2D eigenvalue weighted by Crippen LogP contribution is 2.41. The van der Waals surface area contributed by atoms with Crippen molar-refractivity contribution in [1.29, 1.82) is 0 Å². The maximum atomic E-state index is 6.07. The Bertz CT molecular complexity index is 417. The first kappa shape index (κ1) is 16.0. The fourth-order valence-corrected chi connectivity index (χ4v) is 3.32. The van der Waals surface area contributed by atoms with Gasteiger partial charge in [-0.25, -0.2) is 0 Å². The molecule has 20 heavy (non-hydrogen) atoms. The van der Waals surface area contributed by atoms with Crippen LogP contribution in [0.5, 0.6) is 0 Å². The van der Waals surface area contributed by atoms with E-state index < -0.39 is 0 Å². The lowest BCUT2D eigenvalue weighted by molar-refractivity contribution is 0.0165. The van der Waals surface area contributed by atoms with Crippen LogP contribution in [0.1, 0.15) is 51.8 Å². The van der Waals surface area contributed by atoms with Crippen molar-refractivity contribution in [3.63, 3.8) is 0 Å². The van der Waals surface area contributed by atoms with E-state index >= 15 is 0 Å². The van der Waals surface area contributed by atoms with Gasteiger partial charge in [0.2, 0.25) is 0 Å². The van der Waals surface area contributed by atoms with Crippen LogP contribution in [0.4, 0.5) is 0 Å². The number of rotatable bonds is 9. The number of aryl methyl sites for hydroxylation is 1. The Labute approximate surface area is 130 Å². The van der Waals surface area contributed by atoms with E-state index in [9.17, 15) is 0 Å². The fourth-order valence-electron chi connectivity index (χ4n) is 2.78. The number of aromatic nitrogens is 2. The van der Waals surface area contributed by atoms with Gasteiger partial charge in [-0.15, -0.1) is 0 Å². The molecule has 1 aliphatic carbocycles. The maximum Gasteiger partial charge on any atom is 0.0813 e. The molecule has 0 amide bonds. The Morgan fingerprint density at radius 2 is 2.20 bits per heavy atom. The van der Waals surface area contributed by atoms with Crippen LogP contribution in [-0.2, 0) is 11.3 Å². The molecule has 0 saturated heterocycles. The monoisotopic (exact) mass is 343 g/mol. The molecule has 2 atom stereocenters. The SMILES string of the molecule is CCCn1ncc(Br)c1C(NCC)C(OCC)C1CC1. The second kappa shape index (κ2) is 7.57. The molecule has 1 aliphatic rings. The van der Waals surface area contributed by atoms with Crippen molar-refractivity contribution in [3.8, 4) is 0 Å². The smallest absolute Gasteiger partial charge is 0.0813 e. The van der Waals surface area contributed by atoms with Crippen LogP contribution in [0, 0.1) is 5.92 Å². The Hall–Kier alpha value is -0.390. The van der Waals surface area contributed by atoms with Gasteiger partial charge in [-0.1, -0.05) is 13.8 Å². The van der Waals surface area contributed by atoms with Crippen molar-refractivity contribution in [3.05, 3.63) is 16.4 Å². The van der Waals surface area contributed by atoms with E-state index in [1.807, 2.05) is 6.20 Å². The minimum atomic E-state index is 0.218. The Morgan fingerprint density at radius 3 is 2.75 bits per heavy atom. The molecular formula is C15H26BrN3O. The zero-order valence-electron chi connectivity index (χ0n) is 12.7. The Morgan fingerprint density at radius 1 is 1.45 bits per heavy atom. The van der Waals surface area contributed by atoms with E-state index in [2.05, 4.69) is 51.8 Å². The molecule has 1 aromatic heterocycles. The largest absolute Gasteiger partial charge is 0.376 e. The summed E-state index contributed by atoms with van der Waals surface area (Å²) in [5, 5.41) is 8.12. The first-order valence-corrected chi connectivity index (χ1v) is 8.58. The van der Waals surface area contributed by atoms with Gasteiger partial charge < -0.3 is 10.1 Å². The molecule has 1 fully saturated rings. The van der Waals surface area contributed by atoms with Crippen LogP contribution in [0.3, 0.4) is 0 Å². The van der Waals surface area contributed by atoms with Gasteiger partial charge in [-0.3, -0.25) is 4.68 Å². The van der Waals surface area contributed by atoms with Crippen LogP contribution in [0.15, 0.2) is 10.7 Å². The Balaban J connectivity index is 2.28. The molecule has 0 radical (unpaired) electrons. The van der Waals surface area contributed by atoms with Crippen molar-refractivity contribution in [1.82, 2.24) is 15.1 Å². The summed E-state index contributed by atoms with van der Waals surface area (Å²) in [4.78, 5) is 0. The lowest BCUT2D eigenvalue weighted by Gasteiger charge is -2.29. The molecule has 0 bridgehead atoms. The van der Waals surface area contributed by atoms with Crippen molar-refractivity contribution < 1.29 is 4.74 Å². The molecule has 0 aromatic carbocycles. The van der Waals surface area contributed by atoms with Crippen LogP contribution < -0.4 is 5.32 Å². The Kier molecular flexibility index (Phi) is 6.05. The number of ether oxygens (including phenoxy) is 1. The zero-order valence-corrected chi connectivity index (χ0v) is 14.3. The molecule has 4 nitrogen and oxygen atoms in total. The first-order chi connectivity index (χ1) is 9.72. The standard InChI is InChI=1S/C15H26BrN3O/c1-4-9-19-14(12(16)10-18-19)13(17-5-2)15(20-6-3)11-7-8-11/h10-11,13,15,17H,4-9H2,1-3H3. The van der Waals surface area contributed by atoms with Gasteiger partial charge in [-0.05, 0) is 54.6 Å². The number of hydrogen-bond donors (Lipinski definition) is 1. The summed E-state index contributed by atoms with van der Waals surface area (Å²) in [5.74, 6) is 0.691. The second-order valence-corrected chi connectivity index (χ2v) is 6.25. The third-order valence-corrected chi connectivity index (χ3v) is 4.37. The minimum Gasteiger partial charge on any atom is -0.376 e. The van der Waals surface area contributed by atoms with Gasteiger partial charge >= 0.3 is 0 Å². The highest BCUT2D eigenvalue weighted by molar-refractivity contribution is 9.10. The molecule has 1 aromatic rings. The van der Waals surface area contributed by atoms with Crippen molar-refractivity contribution in [2.24, 2.45) is 5.92 Å². The van der Waals surface area contributed by atoms with Crippen molar-refractivity contribution >= 4 is 15.9 Å². The van der Waals surface area contributed by atoms with Gasteiger partial charge in [0.15, 0.2) is 0 Å². The summed E-state index contributed by atoms with van der Waals surface area (Å²) in [7, 11) is 0. The molecule has 5 heteroatoms. The number of hydrogen-bond acceptors (Lipinski definition) is 3. The molecule has 2 unspecified atom stereocenters. The summed E-state index contributed by atoms with van der Waals surface area (Å²) >= 11 is 3.67. The van der Waals surface area contributed by atoms with Gasteiger partial charge in [0.1, 0.15) is 0 Å². The van der Waals surface area contributed by atoms with Crippen LogP contribution in [0.2, 0.25) is 0 Å². The van der Waals surface area contributed by atoms with E-state index in [1.165, 1.54) is 18.5 Å². The van der Waals surface area contributed by atoms with E-state index in [4.69, 9.17) is 4.74 Å². The molecule has 114 valence electrons. The minimum absolute atomic E-state index is 0.218. The number of halogens is 1. The van der Waals surface area contributed by atoms with Gasteiger partial charge in [0.25, 0.3) is 0 Å². The van der Waals surface area contributed by atoms with Crippen LogP contribution in [-0.4, -0.2) is 29.0 Å². The molecule has 0 aliphatic heterocycles. The zero-order chi connectivity index (χ0) is 14.5. The normalized spacial score (nSPS) is 18.2. The summed E-state index contributed by atoms with van der Waals surface area (Å²) in [6.07, 6.45) is 5.81. The molecule has 0 spiro atoms. The predicted molar refractivity (Wildman–Crippen MR) is 84.8 cm³/mol. The number of likely N-dealkylation sites (N-methyl/N-ethyl adjacent to an activating group) is 1. The molecule has 1 N–H and O–H groups in total. The predicted octanol–water partition coefficient (Wildman–Crippen LogP) is 3.52. The highest BCUT2D eigenvalue weighted by atomic mass is 79.9. The van der Waals surface area contributed by atoms with E-state index in [-0.39, 0.29) is 12.1 Å². The average Bonchev–Trinajstić information content (AvgIpc) is 3.20. The van der Waals surface area contributed by atoms with Gasteiger partial charge in [0, 0.05) is 13.2 Å². The lowest BCUT2D eigenvalue weighted by atomic mass is 10.0. The fraction of sp³-hybridized carbons (Fsp3) is 0.800. The third-order valence-electron chi connectivity index (χ3n) is 3.76. The number of nitrogens with zero attached hydrogens (tertiary/aromatic N) is 2. The summed E-state index contributed by atoms with van der Waals surface area (Å²) < 4.78 is 9.27. The highest BCUT2D eigenvalue weighted by Gasteiger charge is 2.39. The lowest BCUT2D eigenvalue weighted by Crippen LogP contribution is -2.37. The summed E-state index contributed by atoms with van der Waals surface area (Å²) in [6, 6.07) is 0.218. The topological polar surface area (TPSA) is 39.1 Å². The van der Waals surface area contributed by atoms with Crippen LogP contribution >= 0.6 is 15.9 Å². The third kappa shape index (κ3) is 3.62. The molecule has 1 heterocycles. The van der Waals surface area contributed by atoms with Crippen molar-refractivity contribution in [2.45, 2.75) is 58.7 Å². The quantitative estimate of drug-likeness (QED) is 0.745. The molecular weight excluding hydrogens is 318 g/mol.